The van der Waals surface area contributed by atoms with Gasteiger partial charge in [-0.25, -0.2) is 4.39 Å². The number of benzene rings is 2. The molecule has 1 aliphatic heterocycles. The van der Waals surface area contributed by atoms with E-state index in [4.69, 9.17) is 10.00 Å². The van der Waals surface area contributed by atoms with Crippen LogP contribution >= 0.6 is 0 Å². The lowest BCUT2D eigenvalue weighted by molar-refractivity contribution is 0.363. The molecule has 2 aromatic carbocycles. The fourth-order valence-corrected chi connectivity index (χ4v) is 2.44. The maximum Gasteiger partial charge on any atom is 0.134 e. The third kappa shape index (κ3) is 2.23. The summed E-state index contributed by atoms with van der Waals surface area (Å²) in [5.41, 5.74) is 3.70. The first-order valence-corrected chi connectivity index (χ1v) is 6.46. The largest absolute Gasteiger partial charge is 0.507 e. The molecule has 104 valence electrons. The van der Waals surface area contributed by atoms with Crippen LogP contribution in [0.15, 0.2) is 36.4 Å². The van der Waals surface area contributed by atoms with E-state index in [1.54, 1.807) is 12.1 Å². The van der Waals surface area contributed by atoms with Crippen molar-refractivity contribution in [2.24, 2.45) is 0 Å². The second kappa shape index (κ2) is 4.95. The quantitative estimate of drug-likeness (QED) is 0.866. The topological polar surface area (TPSA) is 53.2 Å². The van der Waals surface area contributed by atoms with Crippen LogP contribution in [0.2, 0.25) is 0 Å². The second-order valence-electron chi connectivity index (χ2n) is 4.88. The number of allylic oxidation sites excluding steroid dienone is 1. The van der Waals surface area contributed by atoms with Crippen molar-refractivity contribution in [3.8, 4) is 17.6 Å². The van der Waals surface area contributed by atoms with E-state index in [1.165, 1.54) is 24.3 Å². The van der Waals surface area contributed by atoms with Crippen LogP contribution in [0.5, 0.6) is 11.5 Å². The predicted octanol–water partition coefficient (Wildman–Crippen LogP) is 3.73. The van der Waals surface area contributed by atoms with Crippen molar-refractivity contribution in [1.29, 1.82) is 5.26 Å². The molecular formula is C17H12FNO2. The monoisotopic (exact) mass is 281 g/mol. The van der Waals surface area contributed by atoms with Crippen LogP contribution in [0.3, 0.4) is 0 Å². The molecule has 0 bridgehead atoms. The summed E-state index contributed by atoms with van der Waals surface area (Å²) >= 11 is 0. The number of hydrogen-bond donors (Lipinski definition) is 1. The molecule has 1 aliphatic rings. The van der Waals surface area contributed by atoms with E-state index < -0.39 is 0 Å². The fourth-order valence-electron chi connectivity index (χ4n) is 2.44. The Bertz CT molecular complexity index is 786. The molecule has 2 aromatic rings. The van der Waals surface area contributed by atoms with Gasteiger partial charge in [-0.3, -0.25) is 0 Å². The summed E-state index contributed by atoms with van der Waals surface area (Å²) in [4.78, 5) is 0. The molecule has 0 aromatic heterocycles. The number of fused-ring (bicyclic) bond motifs is 1. The SMILES string of the molecule is CC1=C(c2ccc(F)cc2)COc2cc(C#N)c(O)cc21. The van der Waals surface area contributed by atoms with Gasteiger partial charge in [-0.05, 0) is 36.3 Å². The molecule has 0 atom stereocenters. The maximum absolute atomic E-state index is 13.0. The molecular weight excluding hydrogens is 269 g/mol. The first kappa shape index (κ1) is 13.2. The molecule has 21 heavy (non-hydrogen) atoms. The lowest BCUT2D eigenvalue weighted by Gasteiger charge is -2.23. The van der Waals surface area contributed by atoms with Gasteiger partial charge in [-0.2, -0.15) is 5.26 Å². The van der Waals surface area contributed by atoms with Gasteiger partial charge in [0.2, 0.25) is 0 Å². The number of nitrogens with zero attached hydrogens (tertiary/aromatic N) is 1. The molecule has 4 heteroatoms. The van der Waals surface area contributed by atoms with Crippen molar-refractivity contribution in [2.45, 2.75) is 6.92 Å². The third-order valence-electron chi connectivity index (χ3n) is 3.64. The van der Waals surface area contributed by atoms with E-state index in [-0.39, 0.29) is 17.1 Å². The summed E-state index contributed by atoms with van der Waals surface area (Å²) < 4.78 is 18.7. The predicted molar refractivity (Wildman–Crippen MR) is 77.2 cm³/mol. The summed E-state index contributed by atoms with van der Waals surface area (Å²) in [6, 6.07) is 11.2. The Morgan fingerprint density at radius 1 is 1.24 bits per heavy atom. The third-order valence-corrected chi connectivity index (χ3v) is 3.64. The minimum Gasteiger partial charge on any atom is -0.507 e. The summed E-state index contributed by atoms with van der Waals surface area (Å²) in [6.07, 6.45) is 0. The van der Waals surface area contributed by atoms with Crippen LogP contribution in [0.1, 0.15) is 23.6 Å². The minimum absolute atomic E-state index is 0.0699. The van der Waals surface area contributed by atoms with Gasteiger partial charge in [0, 0.05) is 17.2 Å². The highest BCUT2D eigenvalue weighted by Gasteiger charge is 2.20. The summed E-state index contributed by atoms with van der Waals surface area (Å²) in [7, 11) is 0. The Labute approximate surface area is 121 Å². The molecule has 0 saturated heterocycles. The number of nitriles is 1. The molecule has 0 spiro atoms. The van der Waals surface area contributed by atoms with Crippen molar-refractivity contribution in [3.63, 3.8) is 0 Å². The van der Waals surface area contributed by atoms with Crippen molar-refractivity contribution >= 4 is 11.1 Å². The first-order valence-electron chi connectivity index (χ1n) is 6.46. The van der Waals surface area contributed by atoms with E-state index in [0.717, 1.165) is 22.3 Å². The van der Waals surface area contributed by atoms with Gasteiger partial charge in [0.05, 0.1) is 5.56 Å². The van der Waals surface area contributed by atoms with E-state index in [0.29, 0.717) is 12.4 Å². The van der Waals surface area contributed by atoms with Gasteiger partial charge in [0.1, 0.15) is 30.0 Å². The number of hydrogen-bond acceptors (Lipinski definition) is 3. The van der Waals surface area contributed by atoms with Crippen LogP contribution in [0.4, 0.5) is 4.39 Å². The van der Waals surface area contributed by atoms with Crippen LogP contribution in [-0.2, 0) is 0 Å². The minimum atomic E-state index is -0.287. The zero-order valence-corrected chi connectivity index (χ0v) is 11.4. The van der Waals surface area contributed by atoms with Gasteiger partial charge in [-0.15, -0.1) is 0 Å². The smallest absolute Gasteiger partial charge is 0.134 e. The van der Waals surface area contributed by atoms with Crippen molar-refractivity contribution < 1.29 is 14.2 Å². The van der Waals surface area contributed by atoms with Crippen LogP contribution < -0.4 is 4.74 Å². The van der Waals surface area contributed by atoms with Gasteiger partial charge in [0.15, 0.2) is 0 Å². The van der Waals surface area contributed by atoms with Gasteiger partial charge in [0.25, 0.3) is 0 Å². The zero-order valence-electron chi connectivity index (χ0n) is 11.4. The molecule has 3 nitrogen and oxygen atoms in total. The molecule has 0 fully saturated rings. The lowest BCUT2D eigenvalue weighted by atomic mass is 9.93. The maximum atomic E-state index is 13.0. The van der Waals surface area contributed by atoms with E-state index >= 15 is 0 Å². The van der Waals surface area contributed by atoms with Crippen LogP contribution in [0.25, 0.3) is 11.1 Å². The normalized spacial score (nSPS) is 13.4. The highest BCUT2D eigenvalue weighted by Crippen LogP contribution is 2.39. The van der Waals surface area contributed by atoms with E-state index in [1.807, 2.05) is 13.0 Å². The molecule has 0 aliphatic carbocycles. The Balaban J connectivity index is 2.13. The van der Waals surface area contributed by atoms with Gasteiger partial charge in [-0.1, -0.05) is 12.1 Å². The summed E-state index contributed by atoms with van der Waals surface area (Å²) in [5, 5.41) is 18.8. The molecule has 1 N–H and O–H groups in total. The number of aromatic hydroxyl groups is 1. The standard InChI is InChI=1S/C17H12FNO2/c1-10-14-7-16(20)12(8-19)6-17(14)21-9-15(10)11-2-4-13(18)5-3-11/h2-7,20H,9H2,1H3. The number of ether oxygens (including phenoxy) is 1. The van der Waals surface area contributed by atoms with E-state index in [2.05, 4.69) is 0 Å². The number of halogens is 1. The number of phenolic OH excluding ortho intramolecular Hbond substituents is 1. The molecule has 0 amide bonds. The van der Waals surface area contributed by atoms with Gasteiger partial charge < -0.3 is 9.84 Å². The average molecular weight is 281 g/mol. The van der Waals surface area contributed by atoms with Crippen molar-refractivity contribution in [1.82, 2.24) is 0 Å². The Hall–Kier alpha value is -2.80. The molecule has 0 unspecified atom stereocenters. The highest BCUT2D eigenvalue weighted by atomic mass is 19.1. The highest BCUT2D eigenvalue weighted by molar-refractivity contribution is 5.94. The number of rotatable bonds is 1. The molecule has 1 heterocycles. The molecule has 0 saturated carbocycles. The van der Waals surface area contributed by atoms with Crippen molar-refractivity contribution in [2.75, 3.05) is 6.61 Å². The van der Waals surface area contributed by atoms with Gasteiger partial charge >= 0.3 is 0 Å². The number of phenols is 1. The fraction of sp³-hybridized carbons (Fsp3) is 0.118. The van der Waals surface area contributed by atoms with E-state index in [9.17, 15) is 9.50 Å². The van der Waals surface area contributed by atoms with Crippen LogP contribution in [-0.4, -0.2) is 11.7 Å². The summed E-state index contributed by atoms with van der Waals surface area (Å²) in [6.45, 7) is 2.27. The van der Waals surface area contributed by atoms with Crippen LogP contribution in [0, 0.1) is 17.1 Å². The average Bonchev–Trinajstić information content (AvgIpc) is 2.49. The zero-order chi connectivity index (χ0) is 15.0. The Kier molecular flexibility index (Phi) is 3.11. The second-order valence-corrected chi connectivity index (χ2v) is 4.88. The first-order chi connectivity index (χ1) is 10.1. The summed E-state index contributed by atoms with van der Waals surface area (Å²) in [5.74, 6) is 0.220. The Morgan fingerprint density at radius 3 is 2.62 bits per heavy atom. The molecule has 0 radical (unpaired) electrons. The molecule has 3 rings (SSSR count). The Morgan fingerprint density at radius 2 is 1.95 bits per heavy atom. The lowest BCUT2D eigenvalue weighted by Crippen LogP contribution is -2.10. The van der Waals surface area contributed by atoms with Crippen molar-refractivity contribution in [3.05, 3.63) is 58.9 Å².